The number of benzene rings is 2. The maximum atomic E-state index is 12.3. The van der Waals surface area contributed by atoms with Gasteiger partial charge in [-0.25, -0.2) is 9.59 Å². The van der Waals surface area contributed by atoms with Crippen molar-refractivity contribution in [2.75, 3.05) is 43.5 Å². The monoisotopic (exact) mass is 339 g/mol. The Hall–Kier alpha value is -3.02. The fraction of sp³-hybridized carbons (Fsp3) is 0.263. The van der Waals surface area contributed by atoms with Gasteiger partial charge in [-0.3, -0.25) is 0 Å². The summed E-state index contributed by atoms with van der Waals surface area (Å²) < 4.78 is 4.77. The summed E-state index contributed by atoms with van der Waals surface area (Å²) >= 11 is 0. The van der Waals surface area contributed by atoms with Gasteiger partial charge in [0.1, 0.15) is 0 Å². The van der Waals surface area contributed by atoms with Crippen molar-refractivity contribution in [2.45, 2.75) is 0 Å². The van der Waals surface area contributed by atoms with Crippen LogP contribution in [0.4, 0.5) is 16.2 Å². The number of piperazine rings is 1. The summed E-state index contributed by atoms with van der Waals surface area (Å²) in [6.45, 7) is 2.68. The van der Waals surface area contributed by atoms with E-state index in [0.29, 0.717) is 31.7 Å². The van der Waals surface area contributed by atoms with Crippen molar-refractivity contribution >= 4 is 23.4 Å². The minimum atomic E-state index is -0.345. The number of anilines is 2. The third kappa shape index (κ3) is 4.09. The molecule has 0 aromatic heterocycles. The Balaban J connectivity index is 1.58. The standard InChI is InChI=1S/C19H21N3O3/c1-25-18(23)15-6-5-9-17(14-15)21-10-12-22(13-11-21)19(24)20-16-7-3-2-4-8-16/h2-9,14H,10-13H2,1H3,(H,20,24). The van der Waals surface area contributed by atoms with Crippen molar-refractivity contribution in [3.8, 4) is 0 Å². The maximum absolute atomic E-state index is 12.3. The van der Waals surface area contributed by atoms with Crippen LogP contribution < -0.4 is 10.2 Å². The molecular weight excluding hydrogens is 318 g/mol. The van der Waals surface area contributed by atoms with Gasteiger partial charge in [0.2, 0.25) is 0 Å². The van der Waals surface area contributed by atoms with Crippen LogP contribution in [0.25, 0.3) is 0 Å². The lowest BCUT2D eigenvalue weighted by molar-refractivity contribution is 0.0600. The molecule has 1 saturated heterocycles. The molecule has 0 unspecified atom stereocenters. The fourth-order valence-electron chi connectivity index (χ4n) is 2.84. The third-order valence-corrected chi connectivity index (χ3v) is 4.22. The van der Waals surface area contributed by atoms with Crippen molar-refractivity contribution in [1.82, 2.24) is 4.90 Å². The third-order valence-electron chi connectivity index (χ3n) is 4.22. The number of carbonyl (C=O) groups excluding carboxylic acids is 2. The van der Waals surface area contributed by atoms with Crippen LogP contribution in [-0.4, -0.2) is 50.2 Å². The lowest BCUT2D eigenvalue weighted by Crippen LogP contribution is -2.50. The second-order valence-corrected chi connectivity index (χ2v) is 5.81. The zero-order valence-electron chi connectivity index (χ0n) is 14.1. The number of esters is 1. The van der Waals surface area contributed by atoms with Crippen molar-refractivity contribution in [1.29, 1.82) is 0 Å². The molecule has 0 atom stereocenters. The van der Waals surface area contributed by atoms with Crippen molar-refractivity contribution in [3.05, 3.63) is 60.2 Å². The number of para-hydroxylation sites is 1. The molecule has 0 aliphatic carbocycles. The van der Waals surface area contributed by atoms with Gasteiger partial charge in [0, 0.05) is 37.6 Å². The van der Waals surface area contributed by atoms with Crippen LogP contribution in [0.2, 0.25) is 0 Å². The van der Waals surface area contributed by atoms with E-state index in [0.717, 1.165) is 11.4 Å². The summed E-state index contributed by atoms with van der Waals surface area (Å²) in [5.41, 5.74) is 2.29. The quantitative estimate of drug-likeness (QED) is 0.874. The predicted octanol–water partition coefficient (Wildman–Crippen LogP) is 2.83. The van der Waals surface area contributed by atoms with Gasteiger partial charge in [-0.2, -0.15) is 0 Å². The molecule has 6 heteroatoms. The Morgan fingerprint density at radius 1 is 0.960 bits per heavy atom. The first-order chi connectivity index (χ1) is 12.2. The molecular formula is C19H21N3O3. The number of nitrogens with one attached hydrogen (secondary N) is 1. The summed E-state index contributed by atoms with van der Waals surface area (Å²) in [6.07, 6.45) is 0. The second-order valence-electron chi connectivity index (χ2n) is 5.81. The summed E-state index contributed by atoms with van der Waals surface area (Å²) in [7, 11) is 1.37. The molecule has 0 saturated carbocycles. The van der Waals surface area contributed by atoms with Crippen LogP contribution in [-0.2, 0) is 4.74 Å². The Kier molecular flexibility index (Phi) is 5.18. The molecule has 6 nitrogen and oxygen atoms in total. The number of ether oxygens (including phenoxy) is 1. The summed E-state index contributed by atoms with van der Waals surface area (Å²) in [5.74, 6) is -0.345. The number of carbonyl (C=O) groups is 2. The van der Waals surface area contributed by atoms with Gasteiger partial charge >= 0.3 is 12.0 Å². The normalized spacial score (nSPS) is 14.1. The fourth-order valence-corrected chi connectivity index (χ4v) is 2.84. The highest BCUT2D eigenvalue weighted by molar-refractivity contribution is 5.91. The highest BCUT2D eigenvalue weighted by atomic mass is 16.5. The number of nitrogens with zero attached hydrogens (tertiary/aromatic N) is 2. The van der Waals surface area contributed by atoms with Crippen LogP contribution in [0, 0.1) is 0 Å². The molecule has 0 spiro atoms. The zero-order valence-corrected chi connectivity index (χ0v) is 14.1. The Labute approximate surface area is 147 Å². The Morgan fingerprint density at radius 3 is 2.36 bits per heavy atom. The average Bonchev–Trinajstić information content (AvgIpc) is 2.68. The number of methoxy groups -OCH3 is 1. The number of hydrogen-bond donors (Lipinski definition) is 1. The average molecular weight is 339 g/mol. The molecule has 1 heterocycles. The first-order valence-corrected chi connectivity index (χ1v) is 8.21. The van der Waals surface area contributed by atoms with Crippen LogP contribution >= 0.6 is 0 Å². The molecule has 3 rings (SSSR count). The predicted molar refractivity (Wildman–Crippen MR) is 97.0 cm³/mol. The molecule has 1 aliphatic heterocycles. The smallest absolute Gasteiger partial charge is 0.337 e. The van der Waals surface area contributed by atoms with E-state index < -0.39 is 0 Å². The Bertz CT molecular complexity index is 741. The van der Waals surface area contributed by atoms with Crippen molar-refractivity contribution in [2.24, 2.45) is 0 Å². The van der Waals surface area contributed by atoms with E-state index in [9.17, 15) is 9.59 Å². The van der Waals surface area contributed by atoms with E-state index in [1.807, 2.05) is 48.5 Å². The lowest BCUT2D eigenvalue weighted by Gasteiger charge is -2.36. The lowest BCUT2D eigenvalue weighted by atomic mass is 10.1. The van der Waals surface area contributed by atoms with Gasteiger partial charge < -0.3 is 19.9 Å². The SMILES string of the molecule is COC(=O)c1cccc(N2CCN(C(=O)Nc3ccccc3)CC2)c1. The number of urea groups is 1. The van der Waals surface area contributed by atoms with E-state index in [2.05, 4.69) is 10.2 Å². The van der Waals surface area contributed by atoms with E-state index in [-0.39, 0.29) is 12.0 Å². The first-order valence-electron chi connectivity index (χ1n) is 8.21. The summed E-state index contributed by atoms with van der Waals surface area (Å²) in [6, 6.07) is 16.7. The van der Waals surface area contributed by atoms with Crippen LogP contribution in [0.1, 0.15) is 10.4 Å². The van der Waals surface area contributed by atoms with Gasteiger partial charge in [-0.1, -0.05) is 24.3 Å². The molecule has 1 aliphatic rings. The number of amides is 2. The highest BCUT2D eigenvalue weighted by Crippen LogP contribution is 2.19. The van der Waals surface area contributed by atoms with Gasteiger partial charge in [-0.05, 0) is 30.3 Å². The minimum Gasteiger partial charge on any atom is -0.465 e. The summed E-state index contributed by atoms with van der Waals surface area (Å²) in [5, 5.41) is 2.91. The first kappa shape index (κ1) is 16.8. The summed E-state index contributed by atoms with van der Waals surface area (Å²) in [4.78, 5) is 28.0. The highest BCUT2D eigenvalue weighted by Gasteiger charge is 2.21. The van der Waals surface area contributed by atoms with Gasteiger partial charge in [0.15, 0.2) is 0 Å². The molecule has 2 aromatic carbocycles. The molecule has 0 bridgehead atoms. The van der Waals surface area contributed by atoms with Crippen LogP contribution in [0.3, 0.4) is 0 Å². The minimum absolute atomic E-state index is 0.0887. The molecule has 1 fully saturated rings. The van der Waals surface area contributed by atoms with Crippen molar-refractivity contribution in [3.63, 3.8) is 0 Å². The molecule has 0 radical (unpaired) electrons. The second kappa shape index (κ2) is 7.70. The topological polar surface area (TPSA) is 61.9 Å². The van der Waals surface area contributed by atoms with Crippen LogP contribution in [0.15, 0.2) is 54.6 Å². The molecule has 25 heavy (non-hydrogen) atoms. The number of rotatable bonds is 3. The largest absolute Gasteiger partial charge is 0.465 e. The van der Waals surface area contributed by atoms with Crippen molar-refractivity contribution < 1.29 is 14.3 Å². The van der Waals surface area contributed by atoms with Gasteiger partial charge in [-0.15, -0.1) is 0 Å². The van der Waals surface area contributed by atoms with E-state index in [1.165, 1.54) is 7.11 Å². The molecule has 130 valence electrons. The van der Waals surface area contributed by atoms with Gasteiger partial charge in [0.25, 0.3) is 0 Å². The van der Waals surface area contributed by atoms with E-state index in [1.54, 1.807) is 11.0 Å². The Morgan fingerprint density at radius 2 is 1.68 bits per heavy atom. The zero-order chi connectivity index (χ0) is 17.6. The van der Waals surface area contributed by atoms with Gasteiger partial charge in [0.05, 0.1) is 12.7 Å². The maximum Gasteiger partial charge on any atom is 0.337 e. The molecule has 2 amide bonds. The van der Waals surface area contributed by atoms with Crippen LogP contribution in [0.5, 0.6) is 0 Å². The van der Waals surface area contributed by atoms with E-state index >= 15 is 0 Å². The molecule has 2 aromatic rings. The number of hydrogen-bond acceptors (Lipinski definition) is 4. The van der Waals surface area contributed by atoms with E-state index in [4.69, 9.17) is 4.74 Å². The molecule has 1 N–H and O–H groups in total.